The number of methoxy groups -OCH3 is 1. The summed E-state index contributed by atoms with van der Waals surface area (Å²) >= 11 is 0. The average Bonchev–Trinajstić information content (AvgIpc) is 3.58. The van der Waals surface area contributed by atoms with Crippen LogP contribution in [-0.2, 0) is 9.59 Å². The van der Waals surface area contributed by atoms with E-state index in [4.69, 9.17) is 4.74 Å². The lowest BCUT2D eigenvalue weighted by atomic mass is 9.94. The molecule has 1 saturated carbocycles. The van der Waals surface area contributed by atoms with Crippen LogP contribution in [0.1, 0.15) is 37.7 Å². The normalized spacial score (nSPS) is 23.0. The molecular formula is C22H28N2O3. The predicted octanol–water partition coefficient (Wildman–Crippen LogP) is 2.96. The molecule has 0 bridgehead atoms. The molecule has 0 N–H and O–H groups in total. The van der Waals surface area contributed by atoms with Crippen LogP contribution in [0.3, 0.4) is 0 Å². The Morgan fingerprint density at radius 3 is 2.33 bits per heavy atom. The molecule has 1 aromatic rings. The van der Waals surface area contributed by atoms with Gasteiger partial charge in [0.15, 0.2) is 0 Å². The van der Waals surface area contributed by atoms with Gasteiger partial charge < -0.3 is 14.5 Å². The Morgan fingerprint density at radius 2 is 1.70 bits per heavy atom. The molecule has 1 aliphatic carbocycles. The lowest BCUT2D eigenvalue weighted by Gasteiger charge is -2.36. The molecule has 2 fully saturated rings. The molecule has 0 aromatic heterocycles. The Balaban J connectivity index is 1.35. The molecule has 1 unspecified atom stereocenters. The summed E-state index contributed by atoms with van der Waals surface area (Å²) in [7, 11) is 1.67. The third kappa shape index (κ3) is 4.02. The highest BCUT2D eigenvalue weighted by atomic mass is 16.5. The maximum Gasteiger partial charge on any atom is 0.227 e. The maximum absolute atomic E-state index is 13.0. The summed E-state index contributed by atoms with van der Waals surface area (Å²) < 4.78 is 5.22. The molecule has 5 heteroatoms. The van der Waals surface area contributed by atoms with Crippen molar-refractivity contribution in [3.8, 4) is 5.75 Å². The highest BCUT2D eigenvalue weighted by Crippen LogP contribution is 2.33. The predicted molar refractivity (Wildman–Crippen MR) is 104 cm³/mol. The quantitative estimate of drug-likeness (QED) is 0.821. The van der Waals surface area contributed by atoms with Crippen molar-refractivity contribution in [2.75, 3.05) is 33.3 Å². The van der Waals surface area contributed by atoms with Gasteiger partial charge in [-0.2, -0.15) is 0 Å². The van der Waals surface area contributed by atoms with Crippen LogP contribution >= 0.6 is 0 Å². The SMILES string of the molecule is COc1ccc(C2=CCN(C(=O)C3CCCN(C(=O)C4CC4)C3)CC2)cc1. The van der Waals surface area contributed by atoms with E-state index in [9.17, 15) is 9.59 Å². The summed E-state index contributed by atoms with van der Waals surface area (Å²) in [6.07, 6.45) is 6.93. The van der Waals surface area contributed by atoms with Crippen molar-refractivity contribution < 1.29 is 14.3 Å². The third-order valence-corrected chi connectivity index (χ3v) is 5.99. The van der Waals surface area contributed by atoms with Gasteiger partial charge in [0.25, 0.3) is 0 Å². The molecule has 0 radical (unpaired) electrons. The van der Waals surface area contributed by atoms with Crippen LogP contribution in [0, 0.1) is 11.8 Å². The zero-order valence-electron chi connectivity index (χ0n) is 16.0. The van der Waals surface area contributed by atoms with Gasteiger partial charge in [-0.25, -0.2) is 0 Å². The number of carbonyl (C=O) groups excluding carboxylic acids is 2. The largest absolute Gasteiger partial charge is 0.497 e. The molecule has 0 spiro atoms. The number of hydrogen-bond donors (Lipinski definition) is 0. The van der Waals surface area contributed by atoms with Crippen LogP contribution in [0.25, 0.3) is 5.57 Å². The molecule has 1 saturated heterocycles. The molecule has 5 nitrogen and oxygen atoms in total. The summed E-state index contributed by atoms with van der Waals surface area (Å²) in [5, 5.41) is 0. The lowest BCUT2D eigenvalue weighted by molar-refractivity contribution is -0.141. The van der Waals surface area contributed by atoms with Gasteiger partial charge in [0, 0.05) is 32.1 Å². The minimum atomic E-state index is -0.0302. The van der Waals surface area contributed by atoms with E-state index in [0.29, 0.717) is 13.1 Å². The molecule has 144 valence electrons. The zero-order chi connectivity index (χ0) is 18.8. The number of amides is 2. The summed E-state index contributed by atoms with van der Waals surface area (Å²) in [6.45, 7) is 2.84. The first-order valence-corrected chi connectivity index (χ1v) is 10.1. The van der Waals surface area contributed by atoms with Crippen LogP contribution in [-0.4, -0.2) is 54.9 Å². The Kier molecular flexibility index (Phi) is 5.19. The summed E-state index contributed by atoms with van der Waals surface area (Å²) in [6, 6.07) is 8.09. The number of ether oxygens (including phenoxy) is 1. The summed E-state index contributed by atoms with van der Waals surface area (Å²) in [5.41, 5.74) is 2.48. The first-order chi connectivity index (χ1) is 13.2. The fourth-order valence-corrected chi connectivity index (χ4v) is 4.16. The van der Waals surface area contributed by atoms with E-state index in [1.54, 1.807) is 7.11 Å². The van der Waals surface area contributed by atoms with Gasteiger partial charge in [0.1, 0.15) is 5.75 Å². The third-order valence-electron chi connectivity index (χ3n) is 5.99. The number of rotatable bonds is 4. The van der Waals surface area contributed by atoms with Crippen molar-refractivity contribution in [3.63, 3.8) is 0 Å². The number of piperidine rings is 1. The van der Waals surface area contributed by atoms with E-state index in [1.165, 1.54) is 11.1 Å². The van der Waals surface area contributed by atoms with Gasteiger partial charge in [-0.15, -0.1) is 0 Å². The number of likely N-dealkylation sites (tertiary alicyclic amines) is 1. The first-order valence-electron chi connectivity index (χ1n) is 10.1. The molecule has 2 heterocycles. The first kappa shape index (κ1) is 18.1. The second-order valence-electron chi connectivity index (χ2n) is 7.89. The van der Waals surface area contributed by atoms with E-state index in [1.807, 2.05) is 21.9 Å². The molecule has 1 atom stereocenters. The molecule has 2 amide bonds. The second-order valence-corrected chi connectivity index (χ2v) is 7.89. The van der Waals surface area contributed by atoms with Crippen LogP contribution in [0.2, 0.25) is 0 Å². The summed E-state index contributed by atoms with van der Waals surface area (Å²) in [4.78, 5) is 29.2. The van der Waals surface area contributed by atoms with Crippen molar-refractivity contribution in [1.82, 2.24) is 9.80 Å². The molecule has 4 rings (SSSR count). The Hall–Kier alpha value is -2.30. The molecular weight excluding hydrogens is 340 g/mol. The van der Waals surface area contributed by atoms with E-state index < -0.39 is 0 Å². The van der Waals surface area contributed by atoms with E-state index in [0.717, 1.165) is 50.9 Å². The Labute approximate surface area is 161 Å². The fraction of sp³-hybridized carbons (Fsp3) is 0.545. The van der Waals surface area contributed by atoms with Crippen molar-refractivity contribution in [2.24, 2.45) is 11.8 Å². The monoisotopic (exact) mass is 368 g/mol. The molecule has 27 heavy (non-hydrogen) atoms. The number of benzene rings is 1. The molecule has 3 aliphatic rings. The van der Waals surface area contributed by atoms with Gasteiger partial charge in [-0.3, -0.25) is 9.59 Å². The number of carbonyl (C=O) groups is 2. The Bertz CT molecular complexity index is 736. The molecule has 2 aliphatic heterocycles. The van der Waals surface area contributed by atoms with Crippen LogP contribution in [0.15, 0.2) is 30.3 Å². The number of nitrogens with zero attached hydrogens (tertiary/aromatic N) is 2. The highest BCUT2D eigenvalue weighted by Gasteiger charge is 2.37. The van der Waals surface area contributed by atoms with Crippen LogP contribution < -0.4 is 4.74 Å². The van der Waals surface area contributed by atoms with Crippen molar-refractivity contribution in [1.29, 1.82) is 0 Å². The fourth-order valence-electron chi connectivity index (χ4n) is 4.16. The number of hydrogen-bond acceptors (Lipinski definition) is 3. The van der Waals surface area contributed by atoms with E-state index in [-0.39, 0.29) is 23.7 Å². The zero-order valence-corrected chi connectivity index (χ0v) is 16.0. The maximum atomic E-state index is 13.0. The van der Waals surface area contributed by atoms with Crippen LogP contribution in [0.4, 0.5) is 0 Å². The van der Waals surface area contributed by atoms with Gasteiger partial charge in [-0.1, -0.05) is 18.2 Å². The van der Waals surface area contributed by atoms with Gasteiger partial charge in [0.2, 0.25) is 11.8 Å². The highest BCUT2D eigenvalue weighted by molar-refractivity contribution is 5.84. The van der Waals surface area contributed by atoms with Crippen molar-refractivity contribution in [2.45, 2.75) is 32.1 Å². The minimum Gasteiger partial charge on any atom is -0.497 e. The standard InChI is InChI=1S/C22H28N2O3/c1-27-20-8-6-16(7-9-20)17-10-13-23(14-11-17)22(26)19-3-2-12-24(15-19)21(25)18-4-5-18/h6-10,18-19H,2-5,11-15H2,1H3. The minimum absolute atomic E-state index is 0.0302. The van der Waals surface area contributed by atoms with Crippen LogP contribution in [0.5, 0.6) is 5.75 Å². The van der Waals surface area contributed by atoms with E-state index >= 15 is 0 Å². The topological polar surface area (TPSA) is 49.9 Å². The smallest absolute Gasteiger partial charge is 0.227 e. The summed E-state index contributed by atoms with van der Waals surface area (Å²) in [5.74, 6) is 1.55. The molecule has 1 aromatic carbocycles. The van der Waals surface area contributed by atoms with Gasteiger partial charge in [0.05, 0.1) is 13.0 Å². The Morgan fingerprint density at radius 1 is 0.963 bits per heavy atom. The lowest BCUT2D eigenvalue weighted by Crippen LogP contribution is -2.48. The van der Waals surface area contributed by atoms with Crippen molar-refractivity contribution in [3.05, 3.63) is 35.9 Å². The second kappa shape index (κ2) is 7.75. The average molecular weight is 368 g/mol. The van der Waals surface area contributed by atoms with Gasteiger partial charge >= 0.3 is 0 Å². The van der Waals surface area contributed by atoms with Crippen molar-refractivity contribution >= 4 is 17.4 Å². The van der Waals surface area contributed by atoms with Gasteiger partial charge in [-0.05, 0) is 55.4 Å². The van der Waals surface area contributed by atoms with E-state index in [2.05, 4.69) is 18.2 Å².